The molecule has 2 aliphatic heterocycles. The maximum atomic E-state index is 12.7. The summed E-state index contributed by atoms with van der Waals surface area (Å²) in [6.07, 6.45) is 5.70. The van der Waals surface area contributed by atoms with Gasteiger partial charge in [0.25, 0.3) is 0 Å². The summed E-state index contributed by atoms with van der Waals surface area (Å²) in [5.74, 6) is 0.179. The van der Waals surface area contributed by atoms with Crippen molar-refractivity contribution in [3.63, 3.8) is 0 Å². The Morgan fingerprint density at radius 3 is 2.60 bits per heavy atom. The van der Waals surface area contributed by atoms with Crippen molar-refractivity contribution in [3.8, 4) is 5.69 Å². The van der Waals surface area contributed by atoms with Gasteiger partial charge in [0.15, 0.2) is 0 Å². The zero-order chi connectivity index (χ0) is 17.1. The minimum atomic E-state index is -0.141. The van der Waals surface area contributed by atoms with Gasteiger partial charge in [0.1, 0.15) is 12.7 Å². The minimum absolute atomic E-state index is 0.141. The van der Waals surface area contributed by atoms with E-state index in [2.05, 4.69) is 15.5 Å². The zero-order valence-corrected chi connectivity index (χ0v) is 14.2. The van der Waals surface area contributed by atoms with Gasteiger partial charge in [0.05, 0.1) is 18.6 Å². The summed E-state index contributed by atoms with van der Waals surface area (Å²) in [5.41, 5.74) is 1.87. The lowest BCUT2D eigenvalue weighted by Gasteiger charge is -2.45. The summed E-state index contributed by atoms with van der Waals surface area (Å²) in [6, 6.07) is 7.96. The number of hydrogen-bond donors (Lipinski definition) is 1. The molecule has 0 saturated carbocycles. The van der Waals surface area contributed by atoms with Crippen LogP contribution in [0.3, 0.4) is 0 Å². The molecule has 1 aromatic heterocycles. The number of hydrogen-bond acceptors (Lipinski definition) is 5. The molecule has 2 fully saturated rings. The van der Waals surface area contributed by atoms with E-state index in [1.54, 1.807) is 12.7 Å². The number of benzene rings is 1. The van der Waals surface area contributed by atoms with Crippen LogP contribution < -0.4 is 5.32 Å². The maximum absolute atomic E-state index is 12.7. The van der Waals surface area contributed by atoms with E-state index in [1.165, 1.54) is 0 Å². The van der Waals surface area contributed by atoms with E-state index in [0.29, 0.717) is 26.1 Å². The highest BCUT2D eigenvalue weighted by Crippen LogP contribution is 2.27. The van der Waals surface area contributed by atoms with Gasteiger partial charge in [-0.25, -0.2) is 0 Å². The first kappa shape index (κ1) is 16.2. The third kappa shape index (κ3) is 3.57. The smallest absolute Gasteiger partial charge is 0.227 e. The van der Waals surface area contributed by atoms with Crippen LogP contribution in [-0.2, 0) is 16.0 Å². The molecule has 0 radical (unpaired) electrons. The molecule has 2 aromatic rings. The quantitative estimate of drug-likeness (QED) is 0.894. The van der Waals surface area contributed by atoms with Gasteiger partial charge in [-0.1, -0.05) is 12.1 Å². The van der Waals surface area contributed by atoms with E-state index in [1.807, 2.05) is 33.7 Å². The summed E-state index contributed by atoms with van der Waals surface area (Å²) in [6.45, 7) is 3.97. The predicted octanol–water partition coefficient (Wildman–Crippen LogP) is 0.791. The van der Waals surface area contributed by atoms with Crippen LogP contribution in [0.25, 0.3) is 5.69 Å². The summed E-state index contributed by atoms with van der Waals surface area (Å²) >= 11 is 0. The van der Waals surface area contributed by atoms with Crippen LogP contribution in [-0.4, -0.2) is 64.0 Å². The van der Waals surface area contributed by atoms with E-state index in [0.717, 1.165) is 37.2 Å². The van der Waals surface area contributed by atoms with E-state index in [9.17, 15) is 4.79 Å². The largest absolute Gasteiger partial charge is 0.371 e. The maximum Gasteiger partial charge on any atom is 0.227 e. The fraction of sp³-hybridized carbons (Fsp3) is 0.500. The van der Waals surface area contributed by atoms with Crippen LogP contribution in [0.2, 0.25) is 0 Å². The molecule has 0 bridgehead atoms. The number of carbonyl (C=O) groups is 1. The number of nitrogens with one attached hydrogen (secondary N) is 1. The lowest BCUT2D eigenvalue weighted by molar-refractivity contribution is -0.154. The molecule has 25 heavy (non-hydrogen) atoms. The molecular formula is C18H23N5O2. The Hall–Kier alpha value is -2.25. The summed E-state index contributed by atoms with van der Waals surface area (Å²) < 4.78 is 7.89. The molecule has 1 amide bonds. The SMILES string of the molecule is O=C(Cc1ccc(-n2cnnc2)cc1)N1CCOC2(CCNCC2)C1. The number of rotatable bonds is 3. The standard InChI is InChI=1S/C18H23N5O2/c24-17(22-9-10-25-18(12-22)5-7-19-8-6-18)11-15-1-3-16(4-2-15)23-13-20-21-14-23/h1-4,13-14,19H,5-12H2. The molecule has 132 valence electrons. The second-order valence-corrected chi connectivity index (χ2v) is 6.81. The van der Waals surface area contributed by atoms with E-state index < -0.39 is 0 Å². The first-order chi connectivity index (χ1) is 12.2. The number of nitrogens with zero attached hydrogens (tertiary/aromatic N) is 4. The second kappa shape index (κ2) is 6.93. The number of amides is 1. The third-order valence-corrected chi connectivity index (χ3v) is 5.12. The van der Waals surface area contributed by atoms with Gasteiger partial charge < -0.3 is 15.0 Å². The number of morpholine rings is 1. The molecular weight excluding hydrogens is 318 g/mol. The van der Waals surface area contributed by atoms with Crippen LogP contribution >= 0.6 is 0 Å². The number of piperidine rings is 1. The molecule has 2 aliphatic rings. The van der Waals surface area contributed by atoms with Crippen LogP contribution in [0.1, 0.15) is 18.4 Å². The van der Waals surface area contributed by atoms with E-state index >= 15 is 0 Å². The van der Waals surface area contributed by atoms with Crippen LogP contribution in [0.5, 0.6) is 0 Å². The second-order valence-electron chi connectivity index (χ2n) is 6.81. The van der Waals surface area contributed by atoms with Gasteiger partial charge in [0, 0.05) is 18.8 Å². The molecule has 1 N–H and O–H groups in total. The van der Waals surface area contributed by atoms with Gasteiger partial charge >= 0.3 is 0 Å². The zero-order valence-electron chi connectivity index (χ0n) is 14.2. The van der Waals surface area contributed by atoms with Crippen molar-refractivity contribution in [2.75, 3.05) is 32.8 Å². The molecule has 0 atom stereocenters. The number of aromatic nitrogens is 3. The normalized spacial score (nSPS) is 19.9. The van der Waals surface area contributed by atoms with Crippen molar-refractivity contribution in [1.82, 2.24) is 25.0 Å². The topological polar surface area (TPSA) is 72.3 Å². The van der Waals surface area contributed by atoms with Gasteiger partial charge in [-0.05, 0) is 43.6 Å². The average molecular weight is 341 g/mol. The summed E-state index contributed by atoms with van der Waals surface area (Å²) in [7, 11) is 0. The third-order valence-electron chi connectivity index (χ3n) is 5.12. The monoisotopic (exact) mass is 341 g/mol. The highest BCUT2D eigenvalue weighted by Gasteiger charge is 2.39. The van der Waals surface area contributed by atoms with Gasteiger partial charge in [-0.2, -0.15) is 0 Å². The minimum Gasteiger partial charge on any atom is -0.371 e. The Bertz CT molecular complexity index is 702. The average Bonchev–Trinajstić information content (AvgIpc) is 3.18. The van der Waals surface area contributed by atoms with E-state index in [-0.39, 0.29) is 11.5 Å². The van der Waals surface area contributed by atoms with Crippen molar-refractivity contribution in [1.29, 1.82) is 0 Å². The van der Waals surface area contributed by atoms with Crippen molar-refractivity contribution in [3.05, 3.63) is 42.5 Å². The first-order valence-electron chi connectivity index (χ1n) is 8.81. The molecule has 1 aromatic carbocycles. The number of carbonyl (C=O) groups excluding carboxylic acids is 1. The van der Waals surface area contributed by atoms with Crippen LogP contribution in [0.15, 0.2) is 36.9 Å². The first-order valence-corrected chi connectivity index (χ1v) is 8.81. The van der Waals surface area contributed by atoms with Crippen molar-refractivity contribution in [2.24, 2.45) is 0 Å². The Balaban J connectivity index is 1.39. The Kier molecular flexibility index (Phi) is 4.50. The lowest BCUT2D eigenvalue weighted by Crippen LogP contribution is -2.57. The molecule has 7 heteroatoms. The highest BCUT2D eigenvalue weighted by molar-refractivity contribution is 5.79. The van der Waals surface area contributed by atoms with Crippen LogP contribution in [0.4, 0.5) is 0 Å². The fourth-order valence-electron chi connectivity index (χ4n) is 3.65. The molecule has 0 aliphatic carbocycles. The summed E-state index contributed by atoms with van der Waals surface area (Å²) in [4.78, 5) is 14.7. The molecule has 2 saturated heterocycles. The van der Waals surface area contributed by atoms with Crippen molar-refractivity contribution >= 4 is 5.91 Å². The predicted molar refractivity (Wildman–Crippen MR) is 92.4 cm³/mol. The lowest BCUT2D eigenvalue weighted by atomic mass is 9.90. The van der Waals surface area contributed by atoms with Gasteiger partial charge in [-0.15, -0.1) is 10.2 Å². The molecule has 3 heterocycles. The Morgan fingerprint density at radius 1 is 1.16 bits per heavy atom. The molecule has 4 rings (SSSR count). The number of ether oxygens (including phenoxy) is 1. The van der Waals surface area contributed by atoms with E-state index in [4.69, 9.17) is 4.74 Å². The van der Waals surface area contributed by atoms with Gasteiger partial charge in [-0.3, -0.25) is 9.36 Å². The van der Waals surface area contributed by atoms with Crippen molar-refractivity contribution in [2.45, 2.75) is 24.9 Å². The Labute approximate surface area is 147 Å². The molecule has 1 spiro atoms. The fourth-order valence-corrected chi connectivity index (χ4v) is 3.65. The van der Waals surface area contributed by atoms with Crippen molar-refractivity contribution < 1.29 is 9.53 Å². The Morgan fingerprint density at radius 2 is 1.88 bits per heavy atom. The molecule has 0 unspecified atom stereocenters. The highest BCUT2D eigenvalue weighted by atomic mass is 16.5. The summed E-state index contributed by atoms with van der Waals surface area (Å²) in [5, 5.41) is 11.0. The molecule has 7 nitrogen and oxygen atoms in total. The van der Waals surface area contributed by atoms with Crippen LogP contribution in [0, 0.1) is 0 Å². The van der Waals surface area contributed by atoms with Gasteiger partial charge in [0.2, 0.25) is 5.91 Å².